The molecule has 22 heavy (non-hydrogen) atoms. The van der Waals surface area contributed by atoms with Crippen LogP contribution in [0.1, 0.15) is 39.3 Å². The van der Waals surface area contributed by atoms with Gasteiger partial charge in [0.15, 0.2) is 0 Å². The molecule has 5 heteroatoms. The number of hydrogen-bond donors (Lipinski definition) is 1. The van der Waals surface area contributed by atoms with Crippen LogP contribution < -0.4 is 10.1 Å². The molecule has 1 atom stereocenters. The van der Waals surface area contributed by atoms with E-state index >= 15 is 0 Å². The number of nitrogens with zero attached hydrogens (tertiary/aromatic N) is 1. The maximum atomic E-state index is 5.55. The molecule has 2 rings (SSSR count). The quantitative estimate of drug-likeness (QED) is 0.892. The standard InChI is InChI=1S/C17H28N2O.2ClH/c1-5-20-15-8-6-14(7-9-15)16(17(2,3)4)19-12-10-18-11-13-19;;/h6-9,16,18H,5,10-13H2,1-4H3;2*1H/t16-;;/m1../s1. The molecule has 1 aromatic carbocycles. The summed E-state index contributed by atoms with van der Waals surface area (Å²) >= 11 is 0. The van der Waals surface area contributed by atoms with Crippen LogP contribution in [0.5, 0.6) is 5.75 Å². The second-order valence-electron chi connectivity index (χ2n) is 6.56. The molecule has 1 fully saturated rings. The Bertz CT molecular complexity index is 412. The average molecular weight is 349 g/mol. The molecular formula is C17H30Cl2N2O. The van der Waals surface area contributed by atoms with Gasteiger partial charge in [0.1, 0.15) is 5.75 Å². The number of ether oxygens (including phenoxy) is 1. The molecular weight excluding hydrogens is 319 g/mol. The summed E-state index contributed by atoms with van der Waals surface area (Å²) in [5.74, 6) is 0.962. The summed E-state index contributed by atoms with van der Waals surface area (Å²) in [4.78, 5) is 2.60. The summed E-state index contributed by atoms with van der Waals surface area (Å²) in [6.07, 6.45) is 0. The van der Waals surface area contributed by atoms with E-state index in [1.807, 2.05) is 6.92 Å². The molecule has 0 radical (unpaired) electrons. The monoisotopic (exact) mass is 348 g/mol. The van der Waals surface area contributed by atoms with Crippen LogP contribution in [0, 0.1) is 5.41 Å². The van der Waals surface area contributed by atoms with Crippen molar-refractivity contribution in [2.75, 3.05) is 32.8 Å². The zero-order chi connectivity index (χ0) is 14.6. The predicted molar refractivity (Wildman–Crippen MR) is 98.7 cm³/mol. The summed E-state index contributed by atoms with van der Waals surface area (Å²) in [6, 6.07) is 9.10. The lowest BCUT2D eigenvalue weighted by Gasteiger charge is -2.42. The van der Waals surface area contributed by atoms with E-state index in [9.17, 15) is 0 Å². The molecule has 0 saturated carbocycles. The smallest absolute Gasteiger partial charge is 0.119 e. The van der Waals surface area contributed by atoms with Crippen molar-refractivity contribution in [1.82, 2.24) is 10.2 Å². The summed E-state index contributed by atoms with van der Waals surface area (Å²) in [7, 11) is 0. The van der Waals surface area contributed by atoms with Gasteiger partial charge in [-0.15, -0.1) is 24.8 Å². The van der Waals surface area contributed by atoms with Gasteiger partial charge in [0.05, 0.1) is 6.61 Å². The van der Waals surface area contributed by atoms with Crippen molar-refractivity contribution < 1.29 is 4.74 Å². The summed E-state index contributed by atoms with van der Waals surface area (Å²) < 4.78 is 5.55. The Morgan fingerprint density at radius 2 is 1.64 bits per heavy atom. The van der Waals surface area contributed by atoms with Crippen molar-refractivity contribution in [2.45, 2.75) is 33.7 Å². The minimum atomic E-state index is 0. The van der Waals surface area contributed by atoms with Crippen LogP contribution in [0.3, 0.4) is 0 Å². The van der Waals surface area contributed by atoms with Crippen molar-refractivity contribution >= 4 is 24.8 Å². The SMILES string of the molecule is CCOc1ccc([C@@H](N2CCNCC2)C(C)(C)C)cc1.Cl.Cl. The summed E-state index contributed by atoms with van der Waals surface area (Å²) in [5.41, 5.74) is 1.62. The van der Waals surface area contributed by atoms with Crippen LogP contribution in [0.25, 0.3) is 0 Å². The first-order valence-corrected chi connectivity index (χ1v) is 7.70. The van der Waals surface area contributed by atoms with E-state index in [4.69, 9.17) is 4.74 Å². The lowest BCUT2D eigenvalue weighted by molar-refractivity contribution is 0.0862. The number of halogens is 2. The normalized spacial score (nSPS) is 17.1. The molecule has 3 nitrogen and oxygen atoms in total. The number of piperazine rings is 1. The molecule has 0 unspecified atom stereocenters. The lowest BCUT2D eigenvalue weighted by atomic mass is 9.81. The van der Waals surface area contributed by atoms with Crippen LogP contribution in [0.4, 0.5) is 0 Å². The Labute approximate surface area is 147 Å². The van der Waals surface area contributed by atoms with Crippen molar-refractivity contribution in [3.8, 4) is 5.75 Å². The third kappa shape index (κ3) is 5.62. The van der Waals surface area contributed by atoms with Gasteiger partial charge in [-0.1, -0.05) is 32.9 Å². The molecule has 0 aromatic heterocycles. The highest BCUT2D eigenvalue weighted by molar-refractivity contribution is 5.85. The van der Waals surface area contributed by atoms with Crippen molar-refractivity contribution in [3.63, 3.8) is 0 Å². The van der Waals surface area contributed by atoms with Crippen LogP contribution in [0.15, 0.2) is 24.3 Å². The maximum Gasteiger partial charge on any atom is 0.119 e. The number of rotatable bonds is 4. The first-order chi connectivity index (χ1) is 9.52. The van der Waals surface area contributed by atoms with Crippen molar-refractivity contribution in [1.29, 1.82) is 0 Å². The molecule has 1 aliphatic rings. The van der Waals surface area contributed by atoms with Gasteiger partial charge >= 0.3 is 0 Å². The largest absolute Gasteiger partial charge is 0.494 e. The van der Waals surface area contributed by atoms with Gasteiger partial charge in [-0.2, -0.15) is 0 Å². The van der Waals surface area contributed by atoms with E-state index in [2.05, 4.69) is 55.3 Å². The Morgan fingerprint density at radius 3 is 2.09 bits per heavy atom. The molecule has 128 valence electrons. The second kappa shape index (κ2) is 9.61. The van der Waals surface area contributed by atoms with E-state index in [1.54, 1.807) is 0 Å². The van der Waals surface area contributed by atoms with Crippen LogP contribution in [-0.2, 0) is 0 Å². The van der Waals surface area contributed by atoms with Gasteiger partial charge in [-0.05, 0) is 30.0 Å². The highest BCUT2D eigenvalue weighted by Gasteiger charge is 2.32. The Kier molecular flexibility index (Phi) is 9.40. The van der Waals surface area contributed by atoms with Crippen LogP contribution in [0.2, 0.25) is 0 Å². The topological polar surface area (TPSA) is 24.5 Å². The fourth-order valence-electron chi connectivity index (χ4n) is 3.11. The second-order valence-corrected chi connectivity index (χ2v) is 6.56. The molecule has 1 saturated heterocycles. The summed E-state index contributed by atoms with van der Waals surface area (Å²) in [6.45, 7) is 14.1. The Hall–Kier alpha value is -0.480. The molecule has 0 spiro atoms. The minimum Gasteiger partial charge on any atom is -0.494 e. The third-order valence-corrected chi connectivity index (χ3v) is 3.84. The van der Waals surface area contributed by atoms with Crippen molar-refractivity contribution in [2.24, 2.45) is 5.41 Å². The van der Waals surface area contributed by atoms with Crippen LogP contribution >= 0.6 is 24.8 Å². The molecule has 1 aromatic rings. The number of nitrogens with one attached hydrogen (secondary N) is 1. The third-order valence-electron chi connectivity index (χ3n) is 3.84. The lowest BCUT2D eigenvalue weighted by Crippen LogP contribution is -2.48. The van der Waals surface area contributed by atoms with E-state index in [0.717, 1.165) is 38.5 Å². The molecule has 1 N–H and O–H groups in total. The van der Waals surface area contributed by atoms with Gasteiger partial charge in [-0.25, -0.2) is 0 Å². The Balaban J connectivity index is 0.00000220. The summed E-state index contributed by atoms with van der Waals surface area (Å²) in [5, 5.41) is 3.44. The van der Waals surface area contributed by atoms with E-state index < -0.39 is 0 Å². The van der Waals surface area contributed by atoms with E-state index in [0.29, 0.717) is 6.04 Å². The molecule has 0 bridgehead atoms. The van der Waals surface area contributed by atoms with Gasteiger partial charge in [0, 0.05) is 32.2 Å². The highest BCUT2D eigenvalue weighted by Crippen LogP contribution is 2.38. The van der Waals surface area contributed by atoms with Crippen LogP contribution in [-0.4, -0.2) is 37.7 Å². The van der Waals surface area contributed by atoms with E-state index in [-0.39, 0.29) is 30.2 Å². The van der Waals surface area contributed by atoms with E-state index in [1.165, 1.54) is 5.56 Å². The zero-order valence-electron chi connectivity index (χ0n) is 14.1. The average Bonchev–Trinajstić information content (AvgIpc) is 2.41. The maximum absolute atomic E-state index is 5.55. The van der Waals surface area contributed by atoms with Gasteiger partial charge in [-0.3, -0.25) is 4.90 Å². The van der Waals surface area contributed by atoms with Gasteiger partial charge in [0.25, 0.3) is 0 Å². The molecule has 0 aliphatic carbocycles. The fraction of sp³-hybridized carbons (Fsp3) is 0.647. The fourth-order valence-corrected chi connectivity index (χ4v) is 3.11. The van der Waals surface area contributed by atoms with Gasteiger partial charge in [0.2, 0.25) is 0 Å². The number of hydrogen-bond acceptors (Lipinski definition) is 3. The first-order valence-electron chi connectivity index (χ1n) is 7.70. The predicted octanol–water partition coefficient (Wildman–Crippen LogP) is 3.92. The molecule has 1 heterocycles. The molecule has 1 aliphatic heterocycles. The van der Waals surface area contributed by atoms with Crippen molar-refractivity contribution in [3.05, 3.63) is 29.8 Å². The highest BCUT2D eigenvalue weighted by atomic mass is 35.5. The molecule has 0 amide bonds. The first kappa shape index (κ1) is 21.5. The minimum absolute atomic E-state index is 0. The van der Waals surface area contributed by atoms with Gasteiger partial charge < -0.3 is 10.1 Å². The Morgan fingerprint density at radius 1 is 1.09 bits per heavy atom. The number of benzene rings is 1. The zero-order valence-corrected chi connectivity index (χ0v) is 15.7.